The number of nitrogens with one attached hydrogen (secondary N) is 1. The zero-order valence-electron chi connectivity index (χ0n) is 6.49. The Bertz CT molecular complexity index is 292. The van der Waals surface area contributed by atoms with Crippen molar-refractivity contribution >= 4 is 12.0 Å². The molecule has 0 saturated carbocycles. The van der Waals surface area contributed by atoms with Gasteiger partial charge in [-0.15, -0.1) is 0 Å². The Hall–Kier alpha value is -1.51. The number of amides is 1. The second-order valence-electron chi connectivity index (χ2n) is 2.79. The third-order valence-electron chi connectivity index (χ3n) is 1.82. The minimum atomic E-state index is 0.122. The van der Waals surface area contributed by atoms with E-state index >= 15 is 0 Å². The lowest BCUT2D eigenvalue weighted by Crippen LogP contribution is -2.46. The molecule has 1 aromatic rings. The number of carbonyl (C=O) groups is 1. The summed E-state index contributed by atoms with van der Waals surface area (Å²) in [4.78, 5) is 10.5. The van der Waals surface area contributed by atoms with E-state index in [0.29, 0.717) is 6.42 Å². The zero-order valence-corrected chi connectivity index (χ0v) is 6.49. The first kappa shape index (κ1) is 7.16. The van der Waals surface area contributed by atoms with E-state index in [1.54, 1.807) is 12.5 Å². The van der Waals surface area contributed by atoms with Gasteiger partial charge in [-0.2, -0.15) is 0 Å². The van der Waals surface area contributed by atoms with E-state index in [9.17, 15) is 4.79 Å². The molecule has 1 N–H and O–H groups in total. The van der Waals surface area contributed by atoms with Gasteiger partial charge in [-0.25, -0.2) is 0 Å². The number of furan rings is 1. The highest BCUT2D eigenvalue weighted by molar-refractivity contribution is 5.84. The minimum Gasteiger partial charge on any atom is -0.472 e. The van der Waals surface area contributed by atoms with Gasteiger partial charge >= 0.3 is 0 Å². The van der Waals surface area contributed by atoms with Gasteiger partial charge < -0.3 is 9.73 Å². The summed E-state index contributed by atoms with van der Waals surface area (Å²) in [6, 6.07) is 2.09. The van der Waals surface area contributed by atoms with E-state index in [4.69, 9.17) is 4.42 Å². The molecular formula is C9H9NO2. The molecule has 1 aliphatic heterocycles. The van der Waals surface area contributed by atoms with Crippen LogP contribution in [0.1, 0.15) is 12.0 Å². The molecule has 0 unspecified atom stereocenters. The predicted molar refractivity (Wildman–Crippen MR) is 44.3 cm³/mol. The molecule has 3 nitrogen and oxygen atoms in total. The van der Waals surface area contributed by atoms with E-state index in [2.05, 4.69) is 5.32 Å². The van der Waals surface area contributed by atoms with Crippen LogP contribution in [0.4, 0.5) is 0 Å². The molecule has 1 aliphatic rings. The third kappa shape index (κ3) is 1.39. The van der Waals surface area contributed by atoms with Crippen LogP contribution in [0.2, 0.25) is 0 Å². The van der Waals surface area contributed by atoms with Gasteiger partial charge in [0, 0.05) is 5.56 Å². The van der Waals surface area contributed by atoms with Crippen LogP contribution in [0.5, 0.6) is 0 Å². The summed E-state index contributed by atoms with van der Waals surface area (Å²) < 4.78 is 4.88. The van der Waals surface area contributed by atoms with Gasteiger partial charge in [-0.1, -0.05) is 12.2 Å². The number of β-lactam (4-membered cyclic amide) rings is 1. The van der Waals surface area contributed by atoms with Crippen LogP contribution in [0, 0.1) is 0 Å². The van der Waals surface area contributed by atoms with Crippen LogP contribution < -0.4 is 5.32 Å². The Morgan fingerprint density at radius 2 is 2.50 bits per heavy atom. The van der Waals surface area contributed by atoms with Crippen molar-refractivity contribution in [3.63, 3.8) is 0 Å². The molecule has 2 rings (SSSR count). The molecule has 3 heteroatoms. The van der Waals surface area contributed by atoms with Gasteiger partial charge in [0.05, 0.1) is 25.0 Å². The first-order valence-electron chi connectivity index (χ1n) is 3.84. The molecule has 1 aromatic heterocycles. The van der Waals surface area contributed by atoms with Crippen molar-refractivity contribution in [2.75, 3.05) is 0 Å². The summed E-state index contributed by atoms with van der Waals surface area (Å²) in [7, 11) is 0. The maximum atomic E-state index is 10.5. The molecule has 2 heterocycles. The first-order chi connectivity index (χ1) is 5.84. The van der Waals surface area contributed by atoms with E-state index in [1.807, 2.05) is 18.2 Å². The molecule has 1 atom stereocenters. The van der Waals surface area contributed by atoms with Gasteiger partial charge in [0.2, 0.25) is 5.91 Å². The summed E-state index contributed by atoms with van der Waals surface area (Å²) >= 11 is 0. The topological polar surface area (TPSA) is 42.2 Å². The van der Waals surface area contributed by atoms with Crippen molar-refractivity contribution < 1.29 is 9.21 Å². The van der Waals surface area contributed by atoms with Crippen LogP contribution >= 0.6 is 0 Å². The lowest BCUT2D eigenvalue weighted by atomic mass is 10.1. The van der Waals surface area contributed by atoms with E-state index in [1.165, 1.54) is 0 Å². The van der Waals surface area contributed by atoms with E-state index < -0.39 is 0 Å². The van der Waals surface area contributed by atoms with E-state index in [0.717, 1.165) is 5.56 Å². The van der Waals surface area contributed by atoms with Crippen LogP contribution in [-0.2, 0) is 4.79 Å². The van der Waals surface area contributed by atoms with Crippen molar-refractivity contribution in [2.24, 2.45) is 0 Å². The monoisotopic (exact) mass is 163 g/mol. The van der Waals surface area contributed by atoms with Gasteiger partial charge in [0.25, 0.3) is 0 Å². The minimum absolute atomic E-state index is 0.122. The van der Waals surface area contributed by atoms with Gasteiger partial charge in [-0.3, -0.25) is 4.79 Å². The third-order valence-corrected chi connectivity index (χ3v) is 1.82. The Morgan fingerprint density at radius 3 is 3.08 bits per heavy atom. The van der Waals surface area contributed by atoms with Crippen molar-refractivity contribution in [3.05, 3.63) is 30.2 Å². The largest absolute Gasteiger partial charge is 0.472 e. The maximum Gasteiger partial charge on any atom is 0.222 e. The number of carbonyl (C=O) groups excluding carboxylic acids is 1. The van der Waals surface area contributed by atoms with Crippen LogP contribution in [0.15, 0.2) is 29.1 Å². The van der Waals surface area contributed by atoms with Crippen molar-refractivity contribution in [1.29, 1.82) is 0 Å². The SMILES string of the molecule is O=C1C[C@@H](/C=C/c2ccoc2)N1. The quantitative estimate of drug-likeness (QED) is 0.665. The fourth-order valence-electron chi connectivity index (χ4n) is 1.10. The Labute approximate surface area is 70.1 Å². The molecule has 1 fully saturated rings. The number of hydrogen-bond acceptors (Lipinski definition) is 2. The second-order valence-corrected chi connectivity index (χ2v) is 2.79. The maximum absolute atomic E-state index is 10.5. The van der Waals surface area contributed by atoms with Crippen LogP contribution in [0.3, 0.4) is 0 Å². The lowest BCUT2D eigenvalue weighted by molar-refractivity contribution is -0.127. The van der Waals surface area contributed by atoms with Crippen molar-refractivity contribution in [2.45, 2.75) is 12.5 Å². The average molecular weight is 163 g/mol. The molecule has 1 saturated heterocycles. The number of hydrogen-bond donors (Lipinski definition) is 1. The second kappa shape index (κ2) is 2.85. The Balaban J connectivity index is 1.91. The fourth-order valence-corrected chi connectivity index (χ4v) is 1.10. The lowest BCUT2D eigenvalue weighted by Gasteiger charge is -2.23. The standard InChI is InChI=1S/C9H9NO2/c11-9-5-8(10-9)2-1-7-3-4-12-6-7/h1-4,6,8H,5H2,(H,10,11)/b2-1+/t8-/m1/s1. The predicted octanol–water partition coefficient (Wildman–Crippen LogP) is 1.18. The first-order valence-corrected chi connectivity index (χ1v) is 3.84. The zero-order chi connectivity index (χ0) is 8.39. The summed E-state index contributed by atoms with van der Waals surface area (Å²) in [5.74, 6) is 0.122. The molecular weight excluding hydrogens is 154 g/mol. The van der Waals surface area contributed by atoms with Crippen molar-refractivity contribution in [1.82, 2.24) is 5.32 Å². The number of rotatable bonds is 2. The molecule has 62 valence electrons. The highest BCUT2D eigenvalue weighted by Gasteiger charge is 2.21. The smallest absolute Gasteiger partial charge is 0.222 e. The molecule has 12 heavy (non-hydrogen) atoms. The van der Waals surface area contributed by atoms with Crippen LogP contribution in [0.25, 0.3) is 6.08 Å². The summed E-state index contributed by atoms with van der Waals surface area (Å²) in [6.45, 7) is 0. The van der Waals surface area contributed by atoms with Gasteiger partial charge in [0.15, 0.2) is 0 Å². The fraction of sp³-hybridized carbons (Fsp3) is 0.222. The highest BCUT2D eigenvalue weighted by atomic mass is 16.3. The average Bonchev–Trinajstić information content (AvgIpc) is 2.47. The Kier molecular flexibility index (Phi) is 1.70. The summed E-state index contributed by atoms with van der Waals surface area (Å²) in [5.41, 5.74) is 1.02. The molecule has 0 aliphatic carbocycles. The normalized spacial score (nSPS) is 22.3. The molecule has 0 spiro atoms. The Morgan fingerprint density at radius 1 is 1.67 bits per heavy atom. The van der Waals surface area contributed by atoms with E-state index in [-0.39, 0.29) is 11.9 Å². The summed E-state index contributed by atoms with van der Waals surface area (Å²) in [5, 5.41) is 2.75. The van der Waals surface area contributed by atoms with Crippen molar-refractivity contribution in [3.8, 4) is 0 Å². The van der Waals surface area contributed by atoms with Gasteiger partial charge in [-0.05, 0) is 6.07 Å². The van der Waals surface area contributed by atoms with Crippen LogP contribution in [-0.4, -0.2) is 11.9 Å². The van der Waals surface area contributed by atoms with Gasteiger partial charge in [0.1, 0.15) is 0 Å². The summed E-state index contributed by atoms with van der Waals surface area (Å²) in [6.07, 6.45) is 7.80. The molecule has 1 amide bonds. The molecule has 0 bridgehead atoms. The molecule has 0 aromatic carbocycles. The highest BCUT2D eigenvalue weighted by Crippen LogP contribution is 2.09. The molecule has 0 radical (unpaired) electrons.